The number of aromatic nitrogens is 2. The van der Waals surface area contributed by atoms with Gasteiger partial charge in [0.2, 0.25) is 0 Å². The highest BCUT2D eigenvalue weighted by molar-refractivity contribution is 6.12. The molecule has 0 saturated carbocycles. The Morgan fingerprint density at radius 3 is 2.95 bits per heavy atom. The van der Waals surface area contributed by atoms with E-state index >= 15 is 0 Å². The number of fused-ring (bicyclic) bond motifs is 1. The highest BCUT2D eigenvalue weighted by Gasteiger charge is 2.14. The van der Waals surface area contributed by atoms with E-state index in [1.807, 2.05) is 42.2 Å². The van der Waals surface area contributed by atoms with Crippen molar-refractivity contribution in [3.63, 3.8) is 0 Å². The van der Waals surface area contributed by atoms with E-state index in [1.54, 1.807) is 6.92 Å². The Kier molecular flexibility index (Phi) is 3.10. The van der Waals surface area contributed by atoms with E-state index in [0.717, 1.165) is 28.6 Å². The number of benzene rings is 1. The molecule has 5 nitrogen and oxygen atoms in total. The second-order valence-electron chi connectivity index (χ2n) is 4.73. The minimum Gasteiger partial charge on any atom is -0.372 e. The summed E-state index contributed by atoms with van der Waals surface area (Å²) in [5, 5.41) is 8.38. The zero-order valence-corrected chi connectivity index (χ0v) is 11.6. The van der Waals surface area contributed by atoms with Crippen LogP contribution in [-0.2, 0) is 6.54 Å². The molecule has 1 aliphatic rings. The molecule has 0 amide bonds. The fourth-order valence-corrected chi connectivity index (χ4v) is 2.41. The molecule has 2 aromatic rings. The SMILES string of the molecule is CCn1nc(C(C)=O)c2cc(C3=CNCN=C3)ccc21. The molecule has 2 heterocycles. The summed E-state index contributed by atoms with van der Waals surface area (Å²) >= 11 is 0. The number of nitrogens with zero attached hydrogens (tertiary/aromatic N) is 3. The van der Waals surface area contributed by atoms with Crippen LogP contribution in [0, 0.1) is 0 Å². The van der Waals surface area contributed by atoms with Crippen LogP contribution in [0.25, 0.3) is 16.5 Å². The first kappa shape index (κ1) is 12.6. The predicted octanol–water partition coefficient (Wildman–Crippen LogP) is 2.23. The Morgan fingerprint density at radius 1 is 1.45 bits per heavy atom. The molecule has 0 bridgehead atoms. The average Bonchev–Trinajstić information content (AvgIpc) is 2.86. The fraction of sp³-hybridized carbons (Fsp3) is 0.267. The maximum Gasteiger partial charge on any atom is 0.180 e. The Hall–Kier alpha value is -2.43. The summed E-state index contributed by atoms with van der Waals surface area (Å²) in [7, 11) is 0. The van der Waals surface area contributed by atoms with E-state index in [9.17, 15) is 4.79 Å². The van der Waals surface area contributed by atoms with E-state index in [4.69, 9.17) is 0 Å². The van der Waals surface area contributed by atoms with Gasteiger partial charge in [-0.25, -0.2) is 0 Å². The number of aliphatic imine (C=N–C) groups is 1. The third-order valence-corrected chi connectivity index (χ3v) is 3.39. The number of allylic oxidation sites excluding steroid dienone is 1. The molecule has 0 radical (unpaired) electrons. The van der Waals surface area contributed by atoms with Crippen LogP contribution < -0.4 is 5.32 Å². The van der Waals surface area contributed by atoms with Gasteiger partial charge in [-0.15, -0.1) is 0 Å². The lowest BCUT2D eigenvalue weighted by atomic mass is 10.0. The number of hydrogen-bond donors (Lipinski definition) is 1. The van der Waals surface area contributed by atoms with Crippen LogP contribution in [0.3, 0.4) is 0 Å². The molecule has 0 spiro atoms. The third kappa shape index (κ3) is 2.01. The number of Topliss-reactive ketones (excluding diaryl/α,β-unsaturated/α-hetero) is 1. The number of nitrogens with one attached hydrogen (secondary N) is 1. The average molecular weight is 268 g/mol. The maximum atomic E-state index is 11.7. The Bertz CT molecular complexity index is 740. The van der Waals surface area contributed by atoms with Gasteiger partial charge in [0.1, 0.15) is 12.4 Å². The quantitative estimate of drug-likeness (QED) is 0.868. The summed E-state index contributed by atoms with van der Waals surface area (Å²) in [6.07, 6.45) is 3.78. The molecule has 0 unspecified atom stereocenters. The van der Waals surface area contributed by atoms with Crippen LogP contribution in [-0.4, -0.2) is 28.4 Å². The van der Waals surface area contributed by atoms with E-state index in [1.165, 1.54) is 0 Å². The summed E-state index contributed by atoms with van der Waals surface area (Å²) in [6, 6.07) is 6.05. The van der Waals surface area contributed by atoms with Crippen molar-refractivity contribution in [1.82, 2.24) is 15.1 Å². The molecule has 0 atom stereocenters. The normalized spacial score (nSPS) is 14.2. The number of aryl methyl sites for hydroxylation is 1. The van der Waals surface area contributed by atoms with Crippen molar-refractivity contribution in [2.24, 2.45) is 4.99 Å². The molecule has 5 heteroatoms. The van der Waals surface area contributed by atoms with Crippen LogP contribution in [0.2, 0.25) is 0 Å². The summed E-state index contributed by atoms with van der Waals surface area (Å²) in [6.45, 7) is 4.93. The fourth-order valence-electron chi connectivity index (χ4n) is 2.41. The van der Waals surface area contributed by atoms with Crippen LogP contribution in [0.5, 0.6) is 0 Å². The highest BCUT2D eigenvalue weighted by atomic mass is 16.1. The van der Waals surface area contributed by atoms with Crippen molar-refractivity contribution >= 4 is 28.5 Å². The molecule has 0 aliphatic carbocycles. The minimum absolute atomic E-state index is 0.0104. The van der Waals surface area contributed by atoms with Crippen molar-refractivity contribution in [1.29, 1.82) is 0 Å². The van der Waals surface area contributed by atoms with Gasteiger partial charge in [-0.3, -0.25) is 14.5 Å². The lowest BCUT2D eigenvalue weighted by molar-refractivity contribution is 0.101. The van der Waals surface area contributed by atoms with Gasteiger partial charge >= 0.3 is 0 Å². The van der Waals surface area contributed by atoms with Gasteiger partial charge in [-0.2, -0.15) is 5.10 Å². The van der Waals surface area contributed by atoms with Crippen molar-refractivity contribution in [2.75, 3.05) is 6.67 Å². The van der Waals surface area contributed by atoms with Gasteiger partial charge in [-0.05, 0) is 24.6 Å². The number of carbonyl (C=O) groups is 1. The minimum atomic E-state index is -0.0104. The van der Waals surface area contributed by atoms with Gasteiger partial charge in [0.05, 0.1) is 5.52 Å². The van der Waals surface area contributed by atoms with E-state index in [2.05, 4.69) is 15.4 Å². The molecular formula is C15H16N4O. The Morgan fingerprint density at radius 2 is 2.30 bits per heavy atom. The van der Waals surface area contributed by atoms with Crippen molar-refractivity contribution in [3.05, 3.63) is 35.7 Å². The number of ketones is 1. The Labute approximate surface area is 117 Å². The number of hydrogen-bond acceptors (Lipinski definition) is 4. The number of rotatable bonds is 3. The van der Waals surface area contributed by atoms with Crippen molar-refractivity contribution < 1.29 is 4.79 Å². The van der Waals surface area contributed by atoms with E-state index in [0.29, 0.717) is 12.4 Å². The first-order chi connectivity index (χ1) is 9.70. The van der Waals surface area contributed by atoms with Gasteiger partial charge in [0.15, 0.2) is 5.78 Å². The van der Waals surface area contributed by atoms with E-state index in [-0.39, 0.29) is 5.78 Å². The third-order valence-electron chi connectivity index (χ3n) is 3.39. The zero-order valence-electron chi connectivity index (χ0n) is 11.6. The molecule has 1 aromatic heterocycles. The monoisotopic (exact) mass is 268 g/mol. The molecule has 20 heavy (non-hydrogen) atoms. The van der Waals surface area contributed by atoms with Crippen molar-refractivity contribution in [2.45, 2.75) is 20.4 Å². The van der Waals surface area contributed by atoms with Gasteiger partial charge in [0.25, 0.3) is 0 Å². The van der Waals surface area contributed by atoms with E-state index < -0.39 is 0 Å². The summed E-state index contributed by atoms with van der Waals surface area (Å²) < 4.78 is 1.86. The lowest BCUT2D eigenvalue weighted by Crippen LogP contribution is -2.11. The summed E-state index contributed by atoms with van der Waals surface area (Å²) in [4.78, 5) is 15.9. The topological polar surface area (TPSA) is 59.3 Å². The summed E-state index contributed by atoms with van der Waals surface area (Å²) in [5.74, 6) is -0.0104. The van der Waals surface area contributed by atoms with Gasteiger partial charge in [0, 0.05) is 36.8 Å². The molecule has 0 saturated heterocycles. The molecule has 3 rings (SSSR count). The predicted molar refractivity (Wildman–Crippen MR) is 79.9 cm³/mol. The second-order valence-corrected chi connectivity index (χ2v) is 4.73. The first-order valence-electron chi connectivity index (χ1n) is 6.66. The maximum absolute atomic E-state index is 11.7. The summed E-state index contributed by atoms with van der Waals surface area (Å²) in [5.41, 5.74) is 3.57. The van der Waals surface area contributed by atoms with Crippen LogP contribution in [0.15, 0.2) is 29.4 Å². The first-order valence-corrected chi connectivity index (χ1v) is 6.66. The molecule has 1 aromatic carbocycles. The van der Waals surface area contributed by atoms with Crippen LogP contribution >= 0.6 is 0 Å². The Balaban J connectivity index is 2.19. The zero-order chi connectivity index (χ0) is 14.1. The van der Waals surface area contributed by atoms with Crippen LogP contribution in [0.4, 0.5) is 0 Å². The van der Waals surface area contributed by atoms with Crippen molar-refractivity contribution in [3.8, 4) is 0 Å². The molecular weight excluding hydrogens is 252 g/mol. The molecule has 1 N–H and O–H groups in total. The molecule has 0 fully saturated rings. The standard InChI is InChI=1S/C15H16N4O/c1-3-19-14-5-4-11(12-7-16-9-17-8-12)6-13(14)15(18-19)10(2)20/h4-8,16H,3,9H2,1-2H3. The largest absolute Gasteiger partial charge is 0.372 e. The highest BCUT2D eigenvalue weighted by Crippen LogP contribution is 2.24. The van der Waals surface area contributed by atoms with Gasteiger partial charge < -0.3 is 5.32 Å². The number of carbonyl (C=O) groups excluding carboxylic acids is 1. The molecule has 102 valence electrons. The van der Waals surface area contributed by atoms with Crippen LogP contribution in [0.1, 0.15) is 29.9 Å². The molecule has 1 aliphatic heterocycles. The second kappa shape index (κ2) is 4.92. The van der Waals surface area contributed by atoms with Gasteiger partial charge in [-0.1, -0.05) is 6.07 Å². The smallest absolute Gasteiger partial charge is 0.180 e. The lowest BCUT2D eigenvalue weighted by Gasteiger charge is -2.08.